The lowest BCUT2D eigenvalue weighted by Gasteiger charge is -2.23. The fourth-order valence-electron chi connectivity index (χ4n) is 2.84. The molecule has 3 nitrogen and oxygen atoms in total. The van der Waals surface area contributed by atoms with Crippen LogP contribution in [-0.2, 0) is 6.42 Å². The van der Waals surface area contributed by atoms with E-state index in [1.807, 2.05) is 28.8 Å². The van der Waals surface area contributed by atoms with Gasteiger partial charge in [-0.3, -0.25) is 4.79 Å². The molecule has 0 bridgehead atoms. The van der Waals surface area contributed by atoms with Crippen molar-refractivity contribution >= 4 is 23.4 Å². The Hall–Kier alpha value is -1.16. The summed E-state index contributed by atoms with van der Waals surface area (Å²) in [5.41, 5.74) is 3.31. The Morgan fingerprint density at radius 2 is 2.20 bits per heavy atom. The van der Waals surface area contributed by atoms with E-state index in [4.69, 9.17) is 0 Å². The fraction of sp³-hybridized carbons (Fsp3) is 0.562. The van der Waals surface area contributed by atoms with Crippen LogP contribution in [0.3, 0.4) is 0 Å². The molecule has 1 aromatic carbocycles. The summed E-state index contributed by atoms with van der Waals surface area (Å²) in [6.45, 7) is 7.26. The summed E-state index contributed by atoms with van der Waals surface area (Å²) in [5, 5.41) is 3.34. The Morgan fingerprint density at radius 3 is 3.05 bits per heavy atom. The van der Waals surface area contributed by atoms with Crippen molar-refractivity contribution in [1.82, 2.24) is 4.90 Å². The molecule has 2 heterocycles. The lowest BCUT2D eigenvalue weighted by Crippen LogP contribution is -2.33. The van der Waals surface area contributed by atoms with Gasteiger partial charge in [-0.2, -0.15) is 11.8 Å². The summed E-state index contributed by atoms with van der Waals surface area (Å²) in [4.78, 5) is 14.7. The van der Waals surface area contributed by atoms with E-state index in [1.54, 1.807) is 0 Å². The summed E-state index contributed by atoms with van der Waals surface area (Å²) in [6, 6.07) is 6.08. The second kappa shape index (κ2) is 5.32. The fourth-order valence-corrected chi connectivity index (χ4v) is 3.94. The molecule has 0 spiro atoms. The Morgan fingerprint density at radius 1 is 1.35 bits per heavy atom. The molecule has 1 aromatic rings. The zero-order valence-corrected chi connectivity index (χ0v) is 13.1. The maximum Gasteiger partial charge on any atom is 0.253 e. The third kappa shape index (κ3) is 2.80. The van der Waals surface area contributed by atoms with Crippen LogP contribution in [0, 0.1) is 0 Å². The van der Waals surface area contributed by atoms with Gasteiger partial charge in [0.05, 0.1) is 0 Å². The molecule has 2 aliphatic rings. The Bertz CT molecular complexity index is 527. The van der Waals surface area contributed by atoms with Crippen LogP contribution < -0.4 is 5.32 Å². The molecule has 0 aromatic heterocycles. The van der Waals surface area contributed by atoms with Crippen LogP contribution in [0.1, 0.15) is 36.2 Å². The van der Waals surface area contributed by atoms with Crippen LogP contribution in [0.25, 0.3) is 0 Å². The molecule has 108 valence electrons. The van der Waals surface area contributed by atoms with Crippen LogP contribution in [0.15, 0.2) is 18.2 Å². The molecule has 1 amide bonds. The first-order valence-electron chi connectivity index (χ1n) is 7.35. The monoisotopic (exact) mass is 290 g/mol. The quantitative estimate of drug-likeness (QED) is 0.863. The largest absolute Gasteiger partial charge is 0.384 e. The minimum atomic E-state index is 0.193. The van der Waals surface area contributed by atoms with E-state index in [0.717, 1.165) is 43.8 Å². The highest BCUT2D eigenvalue weighted by Gasteiger charge is 2.26. The number of thioether (sulfide) groups is 1. The molecule has 1 saturated heterocycles. The second-order valence-electron chi connectivity index (χ2n) is 6.20. The van der Waals surface area contributed by atoms with Crippen LogP contribution >= 0.6 is 11.8 Å². The zero-order valence-electron chi connectivity index (χ0n) is 12.2. The minimum Gasteiger partial charge on any atom is -0.384 e. The zero-order chi connectivity index (χ0) is 14.2. The van der Waals surface area contributed by atoms with Gasteiger partial charge >= 0.3 is 0 Å². The highest BCUT2D eigenvalue weighted by atomic mass is 32.2. The van der Waals surface area contributed by atoms with Crippen molar-refractivity contribution < 1.29 is 4.79 Å². The Kier molecular flexibility index (Phi) is 3.67. The van der Waals surface area contributed by atoms with Crippen molar-refractivity contribution in [2.75, 3.05) is 30.7 Å². The summed E-state index contributed by atoms with van der Waals surface area (Å²) < 4.78 is 0.289. The van der Waals surface area contributed by atoms with Crippen molar-refractivity contribution in [1.29, 1.82) is 0 Å². The van der Waals surface area contributed by atoms with Gasteiger partial charge in [0.1, 0.15) is 0 Å². The first kappa shape index (κ1) is 13.8. The molecule has 1 N–H and O–H groups in total. The van der Waals surface area contributed by atoms with E-state index in [0.29, 0.717) is 0 Å². The molecule has 0 aliphatic carbocycles. The number of anilines is 1. The number of nitrogens with zero attached hydrogens (tertiary/aromatic N) is 1. The van der Waals surface area contributed by atoms with Gasteiger partial charge in [-0.15, -0.1) is 0 Å². The molecular weight excluding hydrogens is 268 g/mol. The van der Waals surface area contributed by atoms with E-state index in [1.165, 1.54) is 11.3 Å². The molecule has 0 saturated carbocycles. The highest BCUT2D eigenvalue weighted by molar-refractivity contribution is 8.00. The molecule has 2 aliphatic heterocycles. The average molecular weight is 290 g/mol. The number of hydrogen-bond donors (Lipinski definition) is 1. The Balaban J connectivity index is 1.75. The highest BCUT2D eigenvalue weighted by Crippen LogP contribution is 2.31. The van der Waals surface area contributed by atoms with Crippen LogP contribution in [0.4, 0.5) is 5.69 Å². The maximum absolute atomic E-state index is 12.7. The molecule has 0 atom stereocenters. The predicted octanol–water partition coefficient (Wildman–Crippen LogP) is 3.01. The summed E-state index contributed by atoms with van der Waals surface area (Å²) in [5.74, 6) is 1.23. The van der Waals surface area contributed by atoms with Gasteiger partial charge in [0.25, 0.3) is 5.91 Å². The van der Waals surface area contributed by atoms with E-state index in [-0.39, 0.29) is 10.7 Å². The Labute approximate surface area is 125 Å². The lowest BCUT2D eigenvalue weighted by atomic mass is 10.1. The molecule has 0 unspecified atom stereocenters. The summed E-state index contributed by atoms with van der Waals surface area (Å²) in [7, 11) is 0. The van der Waals surface area contributed by atoms with Crippen molar-refractivity contribution in [3.8, 4) is 0 Å². The maximum atomic E-state index is 12.7. The van der Waals surface area contributed by atoms with Gasteiger partial charge < -0.3 is 10.2 Å². The molecule has 20 heavy (non-hydrogen) atoms. The van der Waals surface area contributed by atoms with Crippen LogP contribution in [0.5, 0.6) is 0 Å². The molecular formula is C16H22N2OS. The van der Waals surface area contributed by atoms with Gasteiger partial charge in [-0.25, -0.2) is 0 Å². The third-order valence-corrected chi connectivity index (χ3v) is 5.56. The number of fused-ring (bicyclic) bond motifs is 1. The topological polar surface area (TPSA) is 32.3 Å². The van der Waals surface area contributed by atoms with Gasteiger partial charge in [-0.1, -0.05) is 13.8 Å². The SMILES string of the molecule is CC1(C)CCN(C(=O)c2ccc3c(c2)CCN3)CCS1. The summed E-state index contributed by atoms with van der Waals surface area (Å²) >= 11 is 1.97. The molecule has 4 heteroatoms. The molecule has 1 fully saturated rings. The lowest BCUT2D eigenvalue weighted by molar-refractivity contribution is 0.0764. The van der Waals surface area contributed by atoms with Gasteiger partial charge in [0.2, 0.25) is 0 Å². The number of carbonyl (C=O) groups is 1. The molecule has 0 radical (unpaired) electrons. The number of carbonyl (C=O) groups excluding carboxylic acids is 1. The summed E-state index contributed by atoms with van der Waals surface area (Å²) in [6.07, 6.45) is 2.09. The minimum absolute atomic E-state index is 0.193. The van der Waals surface area contributed by atoms with E-state index < -0.39 is 0 Å². The second-order valence-corrected chi connectivity index (χ2v) is 8.00. The number of benzene rings is 1. The van der Waals surface area contributed by atoms with E-state index in [9.17, 15) is 4.79 Å². The number of rotatable bonds is 1. The standard InChI is InChI=1S/C16H22N2OS/c1-16(2)6-8-18(9-10-20-16)15(19)13-3-4-14-12(11-13)5-7-17-14/h3-4,11,17H,5-10H2,1-2H3. The van der Waals surface area contributed by atoms with Gasteiger partial charge in [-0.05, 0) is 36.6 Å². The normalized spacial score (nSPS) is 21.0. The third-order valence-electron chi connectivity index (χ3n) is 4.19. The first-order valence-corrected chi connectivity index (χ1v) is 8.34. The average Bonchev–Trinajstić information content (AvgIpc) is 2.81. The van der Waals surface area contributed by atoms with Crippen molar-refractivity contribution in [2.45, 2.75) is 31.4 Å². The number of nitrogens with one attached hydrogen (secondary N) is 1. The van der Waals surface area contributed by atoms with Gasteiger partial charge in [0.15, 0.2) is 0 Å². The van der Waals surface area contributed by atoms with Crippen LogP contribution in [-0.4, -0.2) is 40.9 Å². The van der Waals surface area contributed by atoms with Crippen molar-refractivity contribution in [3.63, 3.8) is 0 Å². The molecule has 3 rings (SSSR count). The van der Waals surface area contributed by atoms with Crippen molar-refractivity contribution in [2.24, 2.45) is 0 Å². The number of hydrogen-bond acceptors (Lipinski definition) is 3. The predicted molar refractivity (Wildman–Crippen MR) is 85.7 cm³/mol. The number of amides is 1. The smallest absolute Gasteiger partial charge is 0.253 e. The van der Waals surface area contributed by atoms with E-state index in [2.05, 4.69) is 25.2 Å². The first-order chi connectivity index (χ1) is 9.55. The van der Waals surface area contributed by atoms with E-state index >= 15 is 0 Å². The van der Waals surface area contributed by atoms with Gasteiger partial charge in [0, 0.05) is 41.4 Å². The van der Waals surface area contributed by atoms with Crippen molar-refractivity contribution in [3.05, 3.63) is 29.3 Å². The van der Waals surface area contributed by atoms with Crippen LogP contribution in [0.2, 0.25) is 0 Å².